The van der Waals surface area contributed by atoms with E-state index >= 15 is 0 Å². The first-order chi connectivity index (χ1) is 16.2. The minimum absolute atomic E-state index is 0.00454. The van der Waals surface area contributed by atoms with E-state index in [2.05, 4.69) is 30.8 Å². The van der Waals surface area contributed by atoms with Crippen LogP contribution in [0.5, 0.6) is 0 Å². The summed E-state index contributed by atoms with van der Waals surface area (Å²) in [5.41, 5.74) is 0.405. The van der Waals surface area contributed by atoms with Crippen LogP contribution in [0, 0.1) is 11.8 Å². The maximum absolute atomic E-state index is 10.4. The second-order valence-electron chi connectivity index (χ2n) is 11.5. The maximum Gasteiger partial charge on any atom is 0.0700 e. The predicted octanol–water partition coefficient (Wildman–Crippen LogP) is 6.97. The van der Waals surface area contributed by atoms with Gasteiger partial charge in [-0.2, -0.15) is 0 Å². The number of hydrogen-bond acceptors (Lipinski definition) is 4. The molecule has 0 bridgehead atoms. The molecule has 0 saturated carbocycles. The van der Waals surface area contributed by atoms with Gasteiger partial charge in [0.1, 0.15) is 0 Å². The van der Waals surface area contributed by atoms with E-state index in [1.807, 2.05) is 84.9 Å². The van der Waals surface area contributed by atoms with Crippen LogP contribution < -0.4 is 0 Å². The Bertz CT molecular complexity index is 750. The van der Waals surface area contributed by atoms with E-state index in [1.54, 1.807) is 33.8 Å². The molecule has 0 aliphatic rings. The van der Waals surface area contributed by atoms with Crippen LogP contribution in [0.3, 0.4) is 0 Å². The Morgan fingerprint density at radius 1 is 0.611 bits per heavy atom. The van der Waals surface area contributed by atoms with Crippen molar-refractivity contribution in [2.24, 2.45) is 11.8 Å². The summed E-state index contributed by atoms with van der Waals surface area (Å²) in [5.74, 6) is 0.528. The Labute approximate surface area is 221 Å². The highest BCUT2D eigenvalue weighted by molar-refractivity contribution is 5.35. The third-order valence-corrected chi connectivity index (χ3v) is 5.85. The van der Waals surface area contributed by atoms with E-state index in [0.717, 1.165) is 11.1 Å². The topological polar surface area (TPSA) is 80.9 Å². The molecule has 0 aliphatic carbocycles. The predicted molar refractivity (Wildman–Crippen MR) is 155 cm³/mol. The van der Waals surface area contributed by atoms with Gasteiger partial charge in [-0.1, -0.05) is 87.5 Å². The maximum atomic E-state index is 10.4. The van der Waals surface area contributed by atoms with Gasteiger partial charge in [0.05, 0.1) is 16.8 Å². The molecule has 2 aromatic rings. The molecule has 2 aromatic carbocycles. The molecule has 1 atom stereocenters. The zero-order valence-corrected chi connectivity index (χ0v) is 24.7. The first-order valence-electron chi connectivity index (χ1n) is 12.8. The molecule has 1 unspecified atom stereocenters. The van der Waals surface area contributed by atoms with Crippen molar-refractivity contribution in [3.05, 3.63) is 84.4 Å². The molecule has 0 heterocycles. The minimum atomic E-state index is -0.775. The fourth-order valence-electron chi connectivity index (χ4n) is 2.59. The summed E-state index contributed by atoms with van der Waals surface area (Å²) in [6.45, 7) is 23.9. The van der Waals surface area contributed by atoms with Crippen LogP contribution in [0.4, 0.5) is 0 Å². The van der Waals surface area contributed by atoms with Crippen molar-refractivity contribution in [3.63, 3.8) is 0 Å². The van der Waals surface area contributed by atoms with Gasteiger partial charge < -0.3 is 20.4 Å². The van der Waals surface area contributed by atoms with Crippen LogP contribution in [0.2, 0.25) is 0 Å². The van der Waals surface area contributed by atoms with E-state index in [4.69, 9.17) is 10.2 Å². The summed E-state index contributed by atoms with van der Waals surface area (Å²) < 4.78 is 0. The summed E-state index contributed by atoms with van der Waals surface area (Å²) >= 11 is 0. The Kier molecular flexibility index (Phi) is 16.8. The second-order valence-corrected chi connectivity index (χ2v) is 11.5. The molecule has 0 aliphatic heterocycles. The fraction of sp³-hybridized carbons (Fsp3) is 0.562. The Hall–Kier alpha value is -1.98. The van der Waals surface area contributed by atoms with E-state index < -0.39 is 16.8 Å². The van der Waals surface area contributed by atoms with Crippen molar-refractivity contribution in [1.82, 2.24) is 0 Å². The van der Waals surface area contributed by atoms with E-state index in [-0.39, 0.29) is 17.9 Å². The standard InChI is InChI=1S/C16H18O.C7H14O.C6H14O.C3H8O/c1-16(2,17)15(13-9-5-3-6-10-13)14-11-7-4-8-12-14;1-5-6(2)7(3,4)8;1-5(2)6(3,4)7;1-3(2)4/h3-12,15,17H,1-2H3;5-6,8H,1H2,2-4H3;5,7H,1-4H3;3-4H,1-2H3. The summed E-state index contributed by atoms with van der Waals surface area (Å²) in [6.07, 6.45) is 1.58. The smallest absolute Gasteiger partial charge is 0.0700 e. The first-order valence-corrected chi connectivity index (χ1v) is 12.8. The molecule has 0 spiro atoms. The zero-order chi connectivity index (χ0) is 28.7. The summed E-state index contributed by atoms with van der Waals surface area (Å²) in [7, 11) is 0. The lowest BCUT2D eigenvalue weighted by atomic mass is 9.79. The zero-order valence-electron chi connectivity index (χ0n) is 24.7. The van der Waals surface area contributed by atoms with Gasteiger partial charge in [-0.25, -0.2) is 0 Å². The van der Waals surface area contributed by atoms with Crippen molar-refractivity contribution < 1.29 is 20.4 Å². The monoisotopic (exact) mass is 502 g/mol. The number of benzene rings is 2. The van der Waals surface area contributed by atoms with Gasteiger partial charge >= 0.3 is 0 Å². The number of hydrogen-bond donors (Lipinski definition) is 4. The molecule has 0 radical (unpaired) electrons. The molecule has 4 heteroatoms. The molecule has 206 valence electrons. The Balaban J connectivity index is 0. The SMILES string of the molecule is C=CC(C)C(C)(C)O.CC(C)(O)C(c1ccccc1)c1ccccc1.CC(C)C(C)(C)O.CC(C)O. The molecule has 2 rings (SSSR count). The first kappa shape index (κ1) is 36.2. The van der Waals surface area contributed by atoms with Gasteiger partial charge in [-0.15, -0.1) is 6.58 Å². The van der Waals surface area contributed by atoms with Crippen molar-refractivity contribution in [1.29, 1.82) is 0 Å². The normalized spacial score (nSPS) is 12.5. The molecular formula is C32H54O4. The average Bonchev–Trinajstić information content (AvgIpc) is 2.73. The Morgan fingerprint density at radius 3 is 1.03 bits per heavy atom. The fourth-order valence-corrected chi connectivity index (χ4v) is 2.59. The molecule has 0 aromatic heterocycles. The molecule has 36 heavy (non-hydrogen) atoms. The molecule has 0 fully saturated rings. The van der Waals surface area contributed by atoms with Crippen molar-refractivity contribution in [2.75, 3.05) is 0 Å². The largest absolute Gasteiger partial charge is 0.394 e. The van der Waals surface area contributed by atoms with Crippen LogP contribution in [0.15, 0.2) is 73.3 Å². The lowest BCUT2D eigenvalue weighted by Crippen LogP contribution is -2.29. The lowest BCUT2D eigenvalue weighted by molar-refractivity contribution is 0.0327. The highest BCUT2D eigenvalue weighted by atomic mass is 16.3. The minimum Gasteiger partial charge on any atom is -0.394 e. The highest BCUT2D eigenvalue weighted by Gasteiger charge is 2.29. The average molecular weight is 503 g/mol. The quantitative estimate of drug-likeness (QED) is 0.322. The van der Waals surface area contributed by atoms with Gasteiger partial charge in [0.15, 0.2) is 0 Å². The third-order valence-electron chi connectivity index (χ3n) is 5.85. The summed E-state index contributed by atoms with van der Waals surface area (Å²) in [4.78, 5) is 0. The third kappa shape index (κ3) is 17.4. The van der Waals surface area contributed by atoms with Crippen molar-refractivity contribution in [3.8, 4) is 0 Å². The van der Waals surface area contributed by atoms with Crippen LogP contribution in [0.1, 0.15) is 93.2 Å². The van der Waals surface area contributed by atoms with Gasteiger partial charge in [0, 0.05) is 17.9 Å². The van der Waals surface area contributed by atoms with Crippen LogP contribution in [-0.2, 0) is 0 Å². The van der Waals surface area contributed by atoms with E-state index in [1.165, 1.54) is 0 Å². The number of aliphatic hydroxyl groups excluding tert-OH is 1. The second kappa shape index (κ2) is 16.7. The highest BCUT2D eigenvalue weighted by Crippen LogP contribution is 2.34. The van der Waals surface area contributed by atoms with Crippen LogP contribution in [-0.4, -0.2) is 43.3 Å². The molecule has 0 amide bonds. The molecular weight excluding hydrogens is 448 g/mol. The van der Waals surface area contributed by atoms with Gasteiger partial charge in [0.25, 0.3) is 0 Å². The van der Waals surface area contributed by atoms with E-state index in [0.29, 0.717) is 5.92 Å². The van der Waals surface area contributed by atoms with Crippen LogP contribution >= 0.6 is 0 Å². The van der Waals surface area contributed by atoms with Crippen molar-refractivity contribution >= 4 is 0 Å². The lowest BCUT2D eigenvalue weighted by Gasteiger charge is -2.30. The summed E-state index contributed by atoms with van der Waals surface area (Å²) in [6, 6.07) is 20.3. The van der Waals surface area contributed by atoms with Gasteiger partial charge in [-0.05, 0) is 72.4 Å². The molecule has 0 saturated heterocycles. The molecule has 4 N–H and O–H groups in total. The Morgan fingerprint density at radius 2 is 0.889 bits per heavy atom. The number of aliphatic hydroxyl groups is 4. The van der Waals surface area contributed by atoms with Gasteiger partial charge in [0.2, 0.25) is 0 Å². The number of rotatable bonds is 6. The van der Waals surface area contributed by atoms with Gasteiger partial charge in [-0.3, -0.25) is 0 Å². The summed E-state index contributed by atoms with van der Waals surface area (Å²) in [5, 5.41) is 36.7. The molecule has 4 nitrogen and oxygen atoms in total. The van der Waals surface area contributed by atoms with E-state index in [9.17, 15) is 10.2 Å². The van der Waals surface area contributed by atoms with Crippen LogP contribution in [0.25, 0.3) is 0 Å². The van der Waals surface area contributed by atoms with Crippen molar-refractivity contribution in [2.45, 2.75) is 105 Å².